The molecule has 0 spiro atoms. The molecule has 1 N–H and O–H groups in total. The van der Waals surface area contributed by atoms with E-state index in [0.29, 0.717) is 43.3 Å². The molecular weight excluding hydrogens is 334 g/mol. The van der Waals surface area contributed by atoms with E-state index < -0.39 is 0 Å². The maximum absolute atomic E-state index is 12.6. The zero-order chi connectivity index (χ0) is 18.3. The normalized spacial score (nSPS) is 14.4. The quantitative estimate of drug-likeness (QED) is 0.725. The second kappa shape index (κ2) is 6.63. The molecule has 0 fully saturated rings. The van der Waals surface area contributed by atoms with Gasteiger partial charge in [0.15, 0.2) is 0 Å². The molecule has 0 atom stereocenters. The lowest BCUT2D eigenvalue weighted by Gasteiger charge is -2.30. The number of hydrogen-bond acceptors (Lipinski definition) is 6. The first kappa shape index (κ1) is 16.9. The summed E-state index contributed by atoms with van der Waals surface area (Å²) in [5, 5.41) is 11.9. The van der Waals surface area contributed by atoms with Gasteiger partial charge in [-0.15, -0.1) is 0 Å². The van der Waals surface area contributed by atoms with Crippen LogP contribution in [0.3, 0.4) is 0 Å². The number of aliphatic hydroxyl groups is 1. The number of aliphatic hydroxyl groups excluding tert-OH is 1. The van der Waals surface area contributed by atoms with Gasteiger partial charge in [0.05, 0.1) is 13.2 Å². The van der Waals surface area contributed by atoms with E-state index in [4.69, 9.17) is 13.9 Å². The number of fused-ring (bicyclic) bond motifs is 6. The number of esters is 1. The van der Waals surface area contributed by atoms with Crippen molar-refractivity contribution >= 4 is 27.7 Å². The topological polar surface area (TPSA) is 72.1 Å². The molecule has 0 saturated heterocycles. The van der Waals surface area contributed by atoms with Gasteiger partial charge in [-0.25, -0.2) is 4.79 Å². The van der Waals surface area contributed by atoms with Gasteiger partial charge in [-0.3, -0.25) is 4.90 Å². The van der Waals surface area contributed by atoms with Crippen molar-refractivity contribution in [1.29, 1.82) is 0 Å². The third-order valence-electron chi connectivity index (χ3n) is 4.75. The molecule has 0 unspecified atom stereocenters. The van der Waals surface area contributed by atoms with E-state index in [2.05, 4.69) is 0 Å². The molecule has 2 heterocycles. The van der Waals surface area contributed by atoms with Crippen molar-refractivity contribution in [1.82, 2.24) is 4.90 Å². The van der Waals surface area contributed by atoms with E-state index in [1.807, 2.05) is 29.2 Å². The highest BCUT2D eigenvalue weighted by atomic mass is 16.5. The lowest BCUT2D eigenvalue weighted by atomic mass is 9.96. The number of carbonyl (C=O) groups is 1. The summed E-state index contributed by atoms with van der Waals surface area (Å²) in [6.07, 6.45) is 0. The summed E-state index contributed by atoms with van der Waals surface area (Å²) in [4.78, 5) is 14.6. The van der Waals surface area contributed by atoms with Crippen molar-refractivity contribution in [3.63, 3.8) is 0 Å². The van der Waals surface area contributed by atoms with Crippen molar-refractivity contribution in [3.05, 3.63) is 41.2 Å². The zero-order valence-electron chi connectivity index (χ0n) is 14.9. The fourth-order valence-corrected chi connectivity index (χ4v) is 3.65. The van der Waals surface area contributed by atoms with Crippen LogP contribution < -0.4 is 4.74 Å². The number of aryl methyl sites for hydroxylation is 1. The maximum Gasteiger partial charge on any atom is 0.342 e. The molecule has 1 aromatic heterocycles. The van der Waals surface area contributed by atoms with Gasteiger partial charge in [-0.2, -0.15) is 0 Å². The predicted molar refractivity (Wildman–Crippen MR) is 97.4 cm³/mol. The maximum atomic E-state index is 12.6. The first-order valence-corrected chi connectivity index (χ1v) is 8.75. The number of nitrogens with zero attached hydrogens (tertiary/aromatic N) is 1. The molecular formula is C20H21NO5. The lowest BCUT2D eigenvalue weighted by Crippen LogP contribution is -2.34. The van der Waals surface area contributed by atoms with E-state index in [0.717, 1.165) is 27.5 Å². The Morgan fingerprint density at radius 3 is 2.81 bits per heavy atom. The molecule has 3 aromatic rings. The summed E-state index contributed by atoms with van der Waals surface area (Å²) < 4.78 is 17.3. The Bertz CT molecular complexity index is 991. The van der Waals surface area contributed by atoms with Crippen LogP contribution in [0, 0.1) is 6.92 Å². The summed E-state index contributed by atoms with van der Waals surface area (Å²) in [7, 11) is 0. The van der Waals surface area contributed by atoms with Crippen LogP contribution in [-0.4, -0.2) is 42.5 Å². The Kier molecular flexibility index (Phi) is 4.30. The number of rotatable bonds is 4. The van der Waals surface area contributed by atoms with Gasteiger partial charge in [0.1, 0.15) is 29.4 Å². The van der Waals surface area contributed by atoms with Crippen LogP contribution in [0.1, 0.15) is 28.6 Å². The molecule has 2 aromatic carbocycles. The summed E-state index contributed by atoms with van der Waals surface area (Å²) >= 11 is 0. The average Bonchev–Trinajstić information content (AvgIpc) is 3.00. The van der Waals surface area contributed by atoms with Gasteiger partial charge >= 0.3 is 5.97 Å². The van der Waals surface area contributed by atoms with E-state index in [9.17, 15) is 9.90 Å². The molecule has 26 heavy (non-hydrogen) atoms. The molecule has 136 valence electrons. The zero-order valence-corrected chi connectivity index (χ0v) is 14.9. The van der Waals surface area contributed by atoms with E-state index in [-0.39, 0.29) is 12.6 Å². The number of furan rings is 1. The Labute approximate surface area is 150 Å². The molecule has 0 saturated carbocycles. The highest BCUT2D eigenvalue weighted by Gasteiger charge is 2.30. The average molecular weight is 355 g/mol. The van der Waals surface area contributed by atoms with E-state index in [1.54, 1.807) is 13.8 Å². The monoisotopic (exact) mass is 355 g/mol. The molecule has 4 rings (SSSR count). The second-order valence-corrected chi connectivity index (χ2v) is 6.36. The van der Waals surface area contributed by atoms with Gasteiger partial charge in [0.2, 0.25) is 0 Å². The van der Waals surface area contributed by atoms with Crippen molar-refractivity contribution < 1.29 is 23.8 Å². The molecule has 0 radical (unpaired) electrons. The van der Waals surface area contributed by atoms with Gasteiger partial charge < -0.3 is 19.0 Å². The fourth-order valence-electron chi connectivity index (χ4n) is 3.65. The third kappa shape index (κ3) is 2.53. The van der Waals surface area contributed by atoms with Crippen molar-refractivity contribution in [2.45, 2.75) is 20.4 Å². The van der Waals surface area contributed by atoms with Crippen molar-refractivity contribution in [2.75, 3.05) is 26.5 Å². The number of ether oxygens (including phenoxy) is 2. The number of benzene rings is 2. The van der Waals surface area contributed by atoms with Crippen LogP contribution in [0.15, 0.2) is 28.7 Å². The molecule has 6 heteroatoms. The first-order chi connectivity index (χ1) is 12.7. The standard InChI is InChI=1S/C20H21NO5/c1-3-24-20(23)16-12(2)26-19-14-7-5-4-6-13(14)18-15(17(16)19)10-21(8-9-22)11-25-18/h4-7,22H,3,8-11H2,1-2H3. The molecule has 6 nitrogen and oxygen atoms in total. The summed E-state index contributed by atoms with van der Waals surface area (Å²) in [5.74, 6) is 0.922. The number of hydrogen-bond donors (Lipinski definition) is 1. The minimum absolute atomic E-state index is 0.0462. The summed E-state index contributed by atoms with van der Waals surface area (Å²) in [6.45, 7) is 5.38. The van der Waals surface area contributed by atoms with Gasteiger partial charge in [0, 0.05) is 34.8 Å². The summed E-state index contributed by atoms with van der Waals surface area (Å²) in [6, 6.07) is 7.87. The number of β-amino-alcohol motifs (C(OH)–C–C–N with tert-alkyl or cyclic N) is 1. The van der Waals surface area contributed by atoms with E-state index in [1.165, 1.54) is 0 Å². The molecule has 1 aliphatic heterocycles. The first-order valence-electron chi connectivity index (χ1n) is 8.75. The molecule has 0 aliphatic carbocycles. The summed E-state index contributed by atoms with van der Waals surface area (Å²) in [5.41, 5.74) is 2.03. The Hall–Kier alpha value is -2.57. The highest BCUT2D eigenvalue weighted by molar-refractivity contribution is 6.16. The lowest BCUT2D eigenvalue weighted by molar-refractivity contribution is 0.0525. The van der Waals surface area contributed by atoms with Crippen LogP contribution in [0.4, 0.5) is 0 Å². The fraction of sp³-hybridized carbons (Fsp3) is 0.350. The number of carbonyl (C=O) groups excluding carboxylic acids is 1. The molecule has 1 aliphatic rings. The van der Waals surface area contributed by atoms with Crippen molar-refractivity contribution in [3.8, 4) is 5.75 Å². The second-order valence-electron chi connectivity index (χ2n) is 6.36. The van der Waals surface area contributed by atoms with Gasteiger partial charge in [0.25, 0.3) is 0 Å². The smallest absolute Gasteiger partial charge is 0.342 e. The minimum Gasteiger partial charge on any atom is -0.477 e. The predicted octanol–water partition coefficient (Wildman–Crippen LogP) is 3.22. The van der Waals surface area contributed by atoms with Crippen LogP contribution in [0.2, 0.25) is 0 Å². The third-order valence-corrected chi connectivity index (χ3v) is 4.75. The molecule has 0 amide bonds. The largest absolute Gasteiger partial charge is 0.477 e. The van der Waals surface area contributed by atoms with Crippen LogP contribution in [0.5, 0.6) is 5.75 Å². The van der Waals surface area contributed by atoms with Crippen LogP contribution >= 0.6 is 0 Å². The van der Waals surface area contributed by atoms with Crippen LogP contribution in [0.25, 0.3) is 21.7 Å². The Morgan fingerprint density at radius 1 is 1.31 bits per heavy atom. The Balaban J connectivity index is 2.05. The highest BCUT2D eigenvalue weighted by Crippen LogP contribution is 2.44. The van der Waals surface area contributed by atoms with E-state index >= 15 is 0 Å². The molecule has 0 bridgehead atoms. The van der Waals surface area contributed by atoms with Gasteiger partial charge in [-0.05, 0) is 13.8 Å². The minimum atomic E-state index is -0.388. The van der Waals surface area contributed by atoms with Crippen molar-refractivity contribution in [2.24, 2.45) is 0 Å². The van der Waals surface area contributed by atoms with Crippen LogP contribution in [-0.2, 0) is 11.3 Å². The Morgan fingerprint density at radius 2 is 2.08 bits per heavy atom. The SMILES string of the molecule is CCOC(=O)c1c(C)oc2c1c1c(c3ccccc32)OCN(CCO)C1. The van der Waals surface area contributed by atoms with Gasteiger partial charge in [-0.1, -0.05) is 24.3 Å².